The van der Waals surface area contributed by atoms with Crippen LogP contribution in [0.5, 0.6) is 0 Å². The van der Waals surface area contributed by atoms with Crippen molar-refractivity contribution in [1.82, 2.24) is 4.90 Å². The van der Waals surface area contributed by atoms with Crippen LogP contribution in [-0.4, -0.2) is 29.1 Å². The van der Waals surface area contributed by atoms with E-state index >= 15 is 0 Å². The maximum atomic E-state index is 13.6. The van der Waals surface area contributed by atoms with Gasteiger partial charge < -0.3 is 5.11 Å². The zero-order valence-electron chi connectivity index (χ0n) is 10.3. The number of benzene rings is 1. The topological polar surface area (TPSA) is 40.5 Å². The molecule has 0 radical (unpaired) electrons. The molecule has 1 saturated carbocycles. The highest BCUT2D eigenvalue weighted by Crippen LogP contribution is 2.30. The lowest BCUT2D eigenvalue weighted by Crippen LogP contribution is -2.28. The van der Waals surface area contributed by atoms with E-state index in [1.165, 1.54) is 18.9 Å². The molecule has 1 aromatic rings. The summed E-state index contributed by atoms with van der Waals surface area (Å²) in [4.78, 5) is 12.7. The second-order valence-electron chi connectivity index (χ2n) is 4.91. The van der Waals surface area contributed by atoms with Gasteiger partial charge in [0.1, 0.15) is 5.82 Å². The molecule has 2 rings (SSSR count). The van der Waals surface area contributed by atoms with Crippen molar-refractivity contribution < 1.29 is 14.3 Å². The van der Waals surface area contributed by atoms with E-state index in [0.717, 1.165) is 6.54 Å². The molecule has 0 heterocycles. The van der Waals surface area contributed by atoms with Crippen LogP contribution in [0.3, 0.4) is 0 Å². The monoisotopic (exact) mass is 251 g/mol. The summed E-state index contributed by atoms with van der Waals surface area (Å²) in [6, 6.07) is 6.68. The van der Waals surface area contributed by atoms with Crippen LogP contribution in [0.15, 0.2) is 24.3 Å². The second-order valence-corrected chi connectivity index (χ2v) is 4.91. The number of hydrogen-bond acceptors (Lipinski definition) is 2. The molecular weight excluding hydrogens is 233 g/mol. The maximum absolute atomic E-state index is 13.6. The summed E-state index contributed by atoms with van der Waals surface area (Å²) in [5, 5.41) is 8.73. The van der Waals surface area contributed by atoms with Crippen molar-refractivity contribution in [2.45, 2.75) is 25.8 Å². The standard InChI is InChI=1S/C14H18FNO2/c15-13-4-2-1-3-12(13)10-16(8-7-14(17)18)9-11-5-6-11/h1-4,11H,5-10H2,(H,17,18). The van der Waals surface area contributed by atoms with E-state index in [4.69, 9.17) is 5.11 Å². The molecule has 4 heteroatoms. The Morgan fingerprint density at radius 1 is 1.39 bits per heavy atom. The summed E-state index contributed by atoms with van der Waals surface area (Å²) < 4.78 is 13.6. The lowest BCUT2D eigenvalue weighted by atomic mass is 10.2. The molecule has 1 N–H and O–H groups in total. The molecule has 1 aromatic carbocycles. The van der Waals surface area contributed by atoms with Crippen molar-refractivity contribution in [2.24, 2.45) is 5.92 Å². The molecule has 0 spiro atoms. The van der Waals surface area contributed by atoms with E-state index < -0.39 is 5.97 Å². The molecule has 1 aliphatic carbocycles. The summed E-state index contributed by atoms with van der Waals surface area (Å²) in [7, 11) is 0. The average Bonchev–Trinajstić information content (AvgIpc) is 3.13. The molecule has 98 valence electrons. The fourth-order valence-electron chi connectivity index (χ4n) is 2.02. The number of nitrogens with zero attached hydrogens (tertiary/aromatic N) is 1. The van der Waals surface area contributed by atoms with Crippen molar-refractivity contribution in [1.29, 1.82) is 0 Å². The first-order valence-electron chi connectivity index (χ1n) is 6.32. The lowest BCUT2D eigenvalue weighted by molar-refractivity contribution is -0.137. The van der Waals surface area contributed by atoms with Gasteiger partial charge in [0.25, 0.3) is 0 Å². The molecule has 3 nitrogen and oxygen atoms in total. The van der Waals surface area contributed by atoms with E-state index in [-0.39, 0.29) is 12.2 Å². The van der Waals surface area contributed by atoms with Crippen LogP contribution in [0.2, 0.25) is 0 Å². The Labute approximate surface area is 106 Å². The molecule has 0 bridgehead atoms. The van der Waals surface area contributed by atoms with Crippen LogP contribution in [0.1, 0.15) is 24.8 Å². The first-order chi connectivity index (χ1) is 8.65. The second kappa shape index (κ2) is 5.96. The van der Waals surface area contributed by atoms with E-state index in [1.807, 2.05) is 11.0 Å². The predicted octanol–water partition coefficient (Wildman–Crippen LogP) is 2.51. The molecule has 0 atom stereocenters. The summed E-state index contributed by atoms with van der Waals surface area (Å²) in [6.45, 7) is 1.86. The number of rotatable bonds is 7. The summed E-state index contributed by atoms with van der Waals surface area (Å²) >= 11 is 0. The van der Waals surface area contributed by atoms with Gasteiger partial charge in [-0.05, 0) is 24.8 Å². The van der Waals surface area contributed by atoms with Crippen LogP contribution in [-0.2, 0) is 11.3 Å². The van der Waals surface area contributed by atoms with Gasteiger partial charge in [0.05, 0.1) is 6.42 Å². The Balaban J connectivity index is 1.94. The highest BCUT2D eigenvalue weighted by molar-refractivity contribution is 5.66. The summed E-state index contributed by atoms with van der Waals surface area (Å²) in [5.74, 6) is -0.344. The van der Waals surface area contributed by atoms with Crippen LogP contribution in [0, 0.1) is 11.7 Å². The largest absolute Gasteiger partial charge is 0.481 e. The smallest absolute Gasteiger partial charge is 0.304 e. The molecule has 18 heavy (non-hydrogen) atoms. The fourth-order valence-corrected chi connectivity index (χ4v) is 2.02. The summed E-state index contributed by atoms with van der Waals surface area (Å²) in [5.41, 5.74) is 0.642. The van der Waals surface area contributed by atoms with E-state index in [1.54, 1.807) is 12.1 Å². The Morgan fingerprint density at radius 3 is 2.72 bits per heavy atom. The number of carboxylic acid groups (broad SMARTS) is 1. The SMILES string of the molecule is O=C(O)CCN(Cc1ccccc1F)CC1CC1. The van der Waals surface area contributed by atoms with Crippen molar-refractivity contribution in [3.63, 3.8) is 0 Å². The molecule has 1 fully saturated rings. The van der Waals surface area contributed by atoms with E-state index in [0.29, 0.717) is 24.6 Å². The lowest BCUT2D eigenvalue weighted by Gasteiger charge is -2.21. The van der Waals surface area contributed by atoms with Gasteiger partial charge in [-0.3, -0.25) is 9.69 Å². The predicted molar refractivity (Wildman–Crippen MR) is 66.7 cm³/mol. The van der Waals surface area contributed by atoms with Crippen molar-refractivity contribution >= 4 is 5.97 Å². The zero-order valence-corrected chi connectivity index (χ0v) is 10.3. The Hall–Kier alpha value is -1.42. The van der Waals surface area contributed by atoms with Gasteiger partial charge in [0.15, 0.2) is 0 Å². The van der Waals surface area contributed by atoms with Gasteiger partial charge in [-0.2, -0.15) is 0 Å². The summed E-state index contributed by atoms with van der Waals surface area (Å²) in [6.07, 6.45) is 2.53. The Bertz CT molecular complexity index is 418. The highest BCUT2D eigenvalue weighted by Gasteiger charge is 2.24. The van der Waals surface area contributed by atoms with Crippen LogP contribution >= 0.6 is 0 Å². The quantitative estimate of drug-likeness (QED) is 0.809. The minimum absolute atomic E-state index is 0.112. The molecule has 0 unspecified atom stereocenters. The minimum Gasteiger partial charge on any atom is -0.481 e. The molecule has 1 aliphatic rings. The minimum atomic E-state index is -0.802. The normalized spacial score (nSPS) is 15.0. The van der Waals surface area contributed by atoms with Crippen LogP contribution in [0.25, 0.3) is 0 Å². The van der Waals surface area contributed by atoms with Gasteiger partial charge >= 0.3 is 5.97 Å². The number of carboxylic acids is 1. The van der Waals surface area contributed by atoms with Gasteiger partial charge in [-0.15, -0.1) is 0 Å². The van der Waals surface area contributed by atoms with Gasteiger partial charge in [-0.1, -0.05) is 18.2 Å². The fraction of sp³-hybridized carbons (Fsp3) is 0.500. The molecule has 0 amide bonds. The Kier molecular flexibility index (Phi) is 4.31. The third-order valence-electron chi connectivity index (χ3n) is 3.21. The average molecular weight is 251 g/mol. The number of halogens is 1. The van der Waals surface area contributed by atoms with E-state index in [2.05, 4.69) is 0 Å². The van der Waals surface area contributed by atoms with Gasteiger partial charge in [-0.25, -0.2) is 4.39 Å². The first-order valence-corrected chi connectivity index (χ1v) is 6.32. The molecule has 0 aliphatic heterocycles. The number of aliphatic carboxylic acids is 1. The molecule has 0 saturated heterocycles. The molecular formula is C14H18FNO2. The third-order valence-corrected chi connectivity index (χ3v) is 3.21. The van der Waals surface area contributed by atoms with Gasteiger partial charge in [0, 0.05) is 25.2 Å². The van der Waals surface area contributed by atoms with Crippen molar-refractivity contribution in [3.8, 4) is 0 Å². The van der Waals surface area contributed by atoms with Crippen LogP contribution < -0.4 is 0 Å². The Morgan fingerprint density at radius 2 is 2.11 bits per heavy atom. The number of carbonyl (C=O) groups is 1. The number of hydrogen-bond donors (Lipinski definition) is 1. The van der Waals surface area contributed by atoms with Crippen molar-refractivity contribution in [3.05, 3.63) is 35.6 Å². The van der Waals surface area contributed by atoms with Crippen LogP contribution in [0.4, 0.5) is 4.39 Å². The van der Waals surface area contributed by atoms with E-state index in [9.17, 15) is 9.18 Å². The first kappa shape index (κ1) is 13.0. The van der Waals surface area contributed by atoms with Crippen molar-refractivity contribution in [2.75, 3.05) is 13.1 Å². The zero-order chi connectivity index (χ0) is 13.0. The third kappa shape index (κ3) is 4.11. The molecule has 0 aromatic heterocycles. The van der Waals surface area contributed by atoms with Gasteiger partial charge in [0.2, 0.25) is 0 Å². The maximum Gasteiger partial charge on any atom is 0.304 e. The highest BCUT2D eigenvalue weighted by atomic mass is 19.1.